The molecule has 2 saturated carbocycles. The molecule has 0 aromatic heterocycles. The molecule has 0 saturated heterocycles. The second kappa shape index (κ2) is 6.09. The average molecular weight is 289 g/mol. The van der Waals surface area contributed by atoms with Crippen molar-refractivity contribution in [3.8, 4) is 0 Å². The van der Waals surface area contributed by atoms with E-state index in [1.165, 1.54) is 10.6 Å². The minimum Gasteiger partial charge on any atom is -0.337 e. The van der Waals surface area contributed by atoms with E-state index in [1.807, 2.05) is 0 Å². The van der Waals surface area contributed by atoms with Crippen LogP contribution in [0.4, 0.5) is 4.79 Å². The van der Waals surface area contributed by atoms with E-state index in [0.717, 1.165) is 38.5 Å². The molecule has 2 aliphatic carbocycles. The molecule has 0 spiro atoms. The Hall–Kier alpha value is -0.820. The third kappa shape index (κ3) is 4.65. The topological polar surface area (TPSA) is 78.5 Å². The quantitative estimate of drug-likeness (QED) is 0.753. The summed E-state index contributed by atoms with van der Waals surface area (Å²) >= 11 is 0. The molecule has 7 heteroatoms. The molecular formula is C12H23N3O3S. The number of sulfonamides is 1. The van der Waals surface area contributed by atoms with Crippen LogP contribution in [0.15, 0.2) is 0 Å². The van der Waals surface area contributed by atoms with Gasteiger partial charge in [0.2, 0.25) is 10.0 Å². The maximum absolute atomic E-state index is 11.8. The lowest BCUT2D eigenvalue weighted by Gasteiger charge is -2.26. The highest BCUT2D eigenvalue weighted by atomic mass is 32.2. The number of carbonyl (C=O) groups excluding carboxylic acids is 1. The SMILES string of the molecule is CS(=O)(=O)N(CCNC(=O)NC1CC1)C1CCCC1. The van der Waals surface area contributed by atoms with Gasteiger partial charge in [0.25, 0.3) is 0 Å². The number of nitrogens with zero attached hydrogens (tertiary/aromatic N) is 1. The Morgan fingerprint density at radius 2 is 1.84 bits per heavy atom. The van der Waals surface area contributed by atoms with Crippen molar-refractivity contribution in [2.75, 3.05) is 19.3 Å². The first-order valence-electron chi connectivity index (χ1n) is 6.98. The fraction of sp³-hybridized carbons (Fsp3) is 0.917. The summed E-state index contributed by atoms with van der Waals surface area (Å²) in [6, 6.07) is 0.242. The maximum atomic E-state index is 11.8. The van der Waals surface area contributed by atoms with Crippen LogP contribution >= 0.6 is 0 Å². The molecular weight excluding hydrogens is 266 g/mol. The largest absolute Gasteiger partial charge is 0.337 e. The van der Waals surface area contributed by atoms with E-state index < -0.39 is 10.0 Å². The van der Waals surface area contributed by atoms with Crippen LogP contribution in [0.3, 0.4) is 0 Å². The Kier molecular flexibility index (Phi) is 4.67. The minimum atomic E-state index is -3.20. The molecule has 19 heavy (non-hydrogen) atoms. The first kappa shape index (κ1) is 14.6. The Bertz CT molecular complexity index is 414. The van der Waals surface area contributed by atoms with Crippen molar-refractivity contribution < 1.29 is 13.2 Å². The highest BCUT2D eigenvalue weighted by Gasteiger charge is 2.29. The van der Waals surface area contributed by atoms with Crippen molar-refractivity contribution in [2.45, 2.75) is 50.6 Å². The van der Waals surface area contributed by atoms with Gasteiger partial charge in [0.15, 0.2) is 0 Å². The maximum Gasteiger partial charge on any atom is 0.315 e. The number of rotatable bonds is 6. The van der Waals surface area contributed by atoms with Gasteiger partial charge >= 0.3 is 6.03 Å². The van der Waals surface area contributed by atoms with Crippen molar-refractivity contribution in [3.63, 3.8) is 0 Å². The second-order valence-corrected chi connectivity index (χ2v) is 7.42. The monoisotopic (exact) mass is 289 g/mol. The molecule has 2 rings (SSSR count). The highest BCUT2D eigenvalue weighted by molar-refractivity contribution is 7.88. The average Bonchev–Trinajstić information content (AvgIpc) is 2.95. The highest BCUT2D eigenvalue weighted by Crippen LogP contribution is 2.24. The Labute approximate surface area is 115 Å². The number of amides is 2. The van der Waals surface area contributed by atoms with E-state index in [-0.39, 0.29) is 12.1 Å². The Balaban J connectivity index is 1.77. The number of hydrogen-bond acceptors (Lipinski definition) is 3. The van der Waals surface area contributed by atoms with Crippen molar-refractivity contribution in [3.05, 3.63) is 0 Å². The van der Waals surface area contributed by atoms with Gasteiger partial charge in [-0.05, 0) is 25.7 Å². The lowest BCUT2D eigenvalue weighted by atomic mass is 10.2. The number of hydrogen-bond donors (Lipinski definition) is 2. The first-order valence-corrected chi connectivity index (χ1v) is 8.83. The van der Waals surface area contributed by atoms with Crippen LogP contribution in [-0.2, 0) is 10.0 Å². The predicted molar refractivity (Wildman–Crippen MR) is 73.4 cm³/mol. The molecule has 6 nitrogen and oxygen atoms in total. The summed E-state index contributed by atoms with van der Waals surface area (Å²) < 4.78 is 25.1. The van der Waals surface area contributed by atoms with E-state index in [4.69, 9.17) is 0 Å². The summed E-state index contributed by atoms with van der Waals surface area (Å²) in [6.07, 6.45) is 7.38. The molecule has 0 bridgehead atoms. The van der Waals surface area contributed by atoms with Crippen molar-refractivity contribution >= 4 is 16.1 Å². The molecule has 0 aromatic rings. The standard InChI is InChI=1S/C12H23N3O3S/c1-19(17,18)15(11-4-2-3-5-11)9-8-13-12(16)14-10-6-7-10/h10-11H,2-9H2,1H3,(H2,13,14,16). The molecule has 0 aliphatic heterocycles. The molecule has 110 valence electrons. The van der Waals surface area contributed by atoms with Gasteiger partial charge in [-0.2, -0.15) is 4.31 Å². The van der Waals surface area contributed by atoms with Crippen LogP contribution in [0.2, 0.25) is 0 Å². The summed E-state index contributed by atoms with van der Waals surface area (Å²) in [5.74, 6) is 0. The molecule has 2 amide bonds. The van der Waals surface area contributed by atoms with E-state index in [0.29, 0.717) is 19.1 Å². The first-order chi connectivity index (χ1) is 8.97. The molecule has 0 radical (unpaired) electrons. The fourth-order valence-electron chi connectivity index (χ4n) is 2.56. The zero-order valence-electron chi connectivity index (χ0n) is 11.4. The third-order valence-corrected chi connectivity index (χ3v) is 5.02. The van der Waals surface area contributed by atoms with Gasteiger partial charge in [0.05, 0.1) is 6.26 Å². The van der Waals surface area contributed by atoms with Crippen LogP contribution in [0.1, 0.15) is 38.5 Å². The summed E-state index contributed by atoms with van der Waals surface area (Å²) in [7, 11) is -3.20. The Morgan fingerprint density at radius 3 is 2.37 bits per heavy atom. The van der Waals surface area contributed by atoms with Gasteiger partial charge in [0, 0.05) is 25.2 Å². The van der Waals surface area contributed by atoms with Crippen LogP contribution in [0, 0.1) is 0 Å². The number of nitrogens with one attached hydrogen (secondary N) is 2. The van der Waals surface area contributed by atoms with Gasteiger partial charge < -0.3 is 10.6 Å². The minimum absolute atomic E-state index is 0.114. The summed E-state index contributed by atoms with van der Waals surface area (Å²) in [4.78, 5) is 11.5. The van der Waals surface area contributed by atoms with Crippen molar-refractivity contribution in [1.82, 2.24) is 14.9 Å². The third-order valence-electron chi connectivity index (χ3n) is 3.69. The molecule has 2 fully saturated rings. The van der Waals surface area contributed by atoms with Gasteiger partial charge in [-0.1, -0.05) is 12.8 Å². The number of carbonyl (C=O) groups is 1. The fourth-order valence-corrected chi connectivity index (χ4v) is 3.73. The van der Waals surface area contributed by atoms with Gasteiger partial charge in [0.1, 0.15) is 0 Å². The molecule has 2 aliphatic rings. The molecule has 0 aromatic carbocycles. The molecule has 2 N–H and O–H groups in total. The summed E-state index contributed by atoms with van der Waals surface area (Å²) in [5.41, 5.74) is 0. The second-order valence-electron chi connectivity index (χ2n) is 5.49. The Morgan fingerprint density at radius 1 is 1.21 bits per heavy atom. The summed E-state index contributed by atoms with van der Waals surface area (Å²) in [6.45, 7) is 0.726. The van der Waals surface area contributed by atoms with E-state index in [9.17, 15) is 13.2 Å². The summed E-state index contributed by atoms with van der Waals surface area (Å²) in [5, 5.41) is 5.54. The van der Waals surface area contributed by atoms with Crippen LogP contribution in [0.25, 0.3) is 0 Å². The van der Waals surface area contributed by atoms with Crippen molar-refractivity contribution in [2.24, 2.45) is 0 Å². The van der Waals surface area contributed by atoms with Gasteiger partial charge in [-0.25, -0.2) is 13.2 Å². The van der Waals surface area contributed by atoms with E-state index in [1.54, 1.807) is 0 Å². The van der Waals surface area contributed by atoms with Crippen LogP contribution in [-0.4, -0.2) is 50.2 Å². The lowest BCUT2D eigenvalue weighted by Crippen LogP contribution is -2.45. The zero-order valence-corrected chi connectivity index (χ0v) is 12.2. The molecule has 0 atom stereocenters. The molecule has 0 unspecified atom stereocenters. The van der Waals surface area contributed by atoms with Crippen molar-refractivity contribution in [1.29, 1.82) is 0 Å². The lowest BCUT2D eigenvalue weighted by molar-refractivity contribution is 0.238. The molecule has 0 heterocycles. The smallest absolute Gasteiger partial charge is 0.315 e. The van der Waals surface area contributed by atoms with Crippen LogP contribution < -0.4 is 10.6 Å². The van der Waals surface area contributed by atoms with Crippen LogP contribution in [0.5, 0.6) is 0 Å². The van der Waals surface area contributed by atoms with Gasteiger partial charge in [-0.15, -0.1) is 0 Å². The predicted octanol–water partition coefficient (Wildman–Crippen LogP) is 0.652. The zero-order chi connectivity index (χ0) is 13.9. The van der Waals surface area contributed by atoms with E-state index >= 15 is 0 Å². The normalized spacial score (nSPS) is 20.7. The van der Waals surface area contributed by atoms with E-state index in [2.05, 4.69) is 10.6 Å². The van der Waals surface area contributed by atoms with Gasteiger partial charge in [-0.3, -0.25) is 0 Å². The number of urea groups is 1.